The minimum Gasteiger partial charge on any atom is -0.478 e. The molecule has 0 atom stereocenters. The van der Waals surface area contributed by atoms with Crippen molar-refractivity contribution >= 4 is 58.4 Å². The van der Waals surface area contributed by atoms with Gasteiger partial charge in [0.15, 0.2) is 0 Å². The third kappa shape index (κ3) is 3.92. The van der Waals surface area contributed by atoms with Crippen LogP contribution in [0, 0.1) is 0 Å². The lowest BCUT2D eigenvalue weighted by atomic mass is 10.0. The van der Waals surface area contributed by atoms with Gasteiger partial charge in [-0.15, -0.1) is 0 Å². The van der Waals surface area contributed by atoms with Gasteiger partial charge in [0, 0.05) is 27.2 Å². The van der Waals surface area contributed by atoms with Crippen LogP contribution in [-0.2, 0) is 4.79 Å². The fourth-order valence-electron chi connectivity index (χ4n) is 1.77. The Morgan fingerprint density at radius 3 is 2.33 bits per heavy atom. The molecule has 0 amide bonds. The Morgan fingerprint density at radius 1 is 0.952 bits per heavy atom. The number of benzene rings is 2. The van der Waals surface area contributed by atoms with Gasteiger partial charge in [-0.2, -0.15) is 0 Å². The largest absolute Gasteiger partial charge is 0.478 e. The number of carboxylic acid groups (broad SMARTS) is 1. The highest BCUT2D eigenvalue weighted by Crippen LogP contribution is 2.39. The number of carbonyl (C=O) groups is 1. The van der Waals surface area contributed by atoms with E-state index in [1.807, 2.05) is 0 Å². The summed E-state index contributed by atoms with van der Waals surface area (Å²) in [4.78, 5) is 10.6. The maximum absolute atomic E-state index is 10.6. The lowest BCUT2D eigenvalue weighted by Gasteiger charge is -2.10. The molecule has 0 heterocycles. The van der Waals surface area contributed by atoms with Crippen molar-refractivity contribution in [3.8, 4) is 11.1 Å². The summed E-state index contributed by atoms with van der Waals surface area (Å²) in [5.41, 5.74) is 1.88. The van der Waals surface area contributed by atoms with Gasteiger partial charge in [0.2, 0.25) is 0 Å². The Bertz CT molecular complexity index is 739. The van der Waals surface area contributed by atoms with Gasteiger partial charge in [0.25, 0.3) is 0 Å². The third-order valence-electron chi connectivity index (χ3n) is 2.69. The average molecular weight is 362 g/mol. The highest BCUT2D eigenvalue weighted by atomic mass is 35.5. The molecule has 108 valence electrons. The van der Waals surface area contributed by atoms with Crippen LogP contribution in [0.1, 0.15) is 5.56 Å². The van der Waals surface area contributed by atoms with E-state index >= 15 is 0 Å². The molecule has 0 aromatic heterocycles. The second-order valence-electron chi connectivity index (χ2n) is 4.16. The summed E-state index contributed by atoms with van der Waals surface area (Å²) in [6.45, 7) is 0. The number of aliphatic carboxylic acids is 1. The first kappa shape index (κ1) is 16.2. The first-order valence-electron chi connectivity index (χ1n) is 5.74. The van der Waals surface area contributed by atoms with Crippen LogP contribution in [0.4, 0.5) is 0 Å². The van der Waals surface area contributed by atoms with Gasteiger partial charge in [0.1, 0.15) is 0 Å². The van der Waals surface area contributed by atoms with E-state index < -0.39 is 5.97 Å². The first-order chi connectivity index (χ1) is 9.88. The molecule has 0 saturated carbocycles. The van der Waals surface area contributed by atoms with Crippen LogP contribution in [-0.4, -0.2) is 11.1 Å². The monoisotopic (exact) mass is 360 g/mol. The molecule has 0 saturated heterocycles. The Kier molecular flexibility index (Phi) is 5.17. The molecule has 6 heteroatoms. The van der Waals surface area contributed by atoms with Gasteiger partial charge in [-0.3, -0.25) is 0 Å². The number of halogens is 4. The zero-order chi connectivity index (χ0) is 15.6. The van der Waals surface area contributed by atoms with Crippen LogP contribution in [0.2, 0.25) is 20.1 Å². The van der Waals surface area contributed by atoms with Crippen LogP contribution in [0.5, 0.6) is 0 Å². The van der Waals surface area contributed by atoms with Crippen LogP contribution in [0.3, 0.4) is 0 Å². The third-order valence-corrected chi connectivity index (χ3v) is 4.04. The molecule has 0 radical (unpaired) electrons. The van der Waals surface area contributed by atoms with Gasteiger partial charge in [-0.05, 0) is 35.9 Å². The average Bonchev–Trinajstić information content (AvgIpc) is 2.42. The van der Waals surface area contributed by atoms with Crippen LogP contribution in [0.25, 0.3) is 17.2 Å². The fourth-order valence-corrected chi connectivity index (χ4v) is 2.70. The van der Waals surface area contributed by atoms with Crippen molar-refractivity contribution < 1.29 is 9.90 Å². The summed E-state index contributed by atoms with van der Waals surface area (Å²) >= 11 is 24.4. The van der Waals surface area contributed by atoms with Crippen LogP contribution in [0.15, 0.2) is 36.4 Å². The lowest BCUT2D eigenvalue weighted by molar-refractivity contribution is -0.131. The normalized spacial score (nSPS) is 11.0. The molecule has 1 N–H and O–H groups in total. The van der Waals surface area contributed by atoms with E-state index in [0.717, 1.165) is 6.08 Å². The summed E-state index contributed by atoms with van der Waals surface area (Å²) in [5.74, 6) is -1.03. The van der Waals surface area contributed by atoms with Gasteiger partial charge in [-0.25, -0.2) is 4.79 Å². The summed E-state index contributed by atoms with van der Waals surface area (Å²) in [5, 5.41) is 10.2. The number of hydrogen-bond acceptors (Lipinski definition) is 1. The van der Waals surface area contributed by atoms with E-state index in [9.17, 15) is 4.79 Å². The molecule has 21 heavy (non-hydrogen) atoms. The highest BCUT2D eigenvalue weighted by molar-refractivity contribution is 6.45. The summed E-state index contributed by atoms with van der Waals surface area (Å²) in [6.07, 6.45) is 2.50. The van der Waals surface area contributed by atoms with E-state index in [0.29, 0.717) is 36.8 Å². The Balaban J connectivity index is 2.58. The Morgan fingerprint density at radius 2 is 1.67 bits per heavy atom. The fraction of sp³-hybridized carbons (Fsp3) is 0. The predicted molar refractivity (Wildman–Crippen MR) is 88.6 cm³/mol. The van der Waals surface area contributed by atoms with E-state index in [1.54, 1.807) is 24.3 Å². The van der Waals surface area contributed by atoms with Gasteiger partial charge in [0.05, 0.1) is 10.0 Å². The van der Waals surface area contributed by atoms with Crippen LogP contribution >= 0.6 is 46.4 Å². The van der Waals surface area contributed by atoms with E-state index in [4.69, 9.17) is 51.5 Å². The second-order valence-corrected chi connectivity index (χ2v) is 5.79. The number of hydrogen-bond donors (Lipinski definition) is 1. The Hall–Kier alpha value is -1.19. The van der Waals surface area contributed by atoms with E-state index in [-0.39, 0.29) is 0 Å². The number of rotatable bonds is 3. The van der Waals surface area contributed by atoms with Gasteiger partial charge < -0.3 is 5.11 Å². The zero-order valence-corrected chi connectivity index (χ0v) is 13.4. The van der Waals surface area contributed by atoms with Crippen molar-refractivity contribution in [3.05, 3.63) is 62.1 Å². The molecule has 0 spiro atoms. The molecule has 2 aromatic carbocycles. The standard InChI is InChI=1S/C15H8Cl4O2/c16-9-6-11(15(19)13(18)7-9)10-5-8(1-3-12(10)17)2-4-14(20)21/h1-7H,(H,20,21)/b4-2+. The van der Waals surface area contributed by atoms with Gasteiger partial charge in [-0.1, -0.05) is 52.5 Å². The topological polar surface area (TPSA) is 37.3 Å². The van der Waals surface area contributed by atoms with E-state index in [1.165, 1.54) is 12.1 Å². The molecule has 2 nitrogen and oxygen atoms in total. The highest BCUT2D eigenvalue weighted by Gasteiger charge is 2.12. The maximum Gasteiger partial charge on any atom is 0.328 e. The first-order valence-corrected chi connectivity index (χ1v) is 7.25. The van der Waals surface area contributed by atoms with E-state index in [2.05, 4.69) is 0 Å². The minimum absolute atomic E-state index is 0.321. The summed E-state index contributed by atoms with van der Waals surface area (Å²) < 4.78 is 0. The van der Waals surface area contributed by atoms with Crippen LogP contribution < -0.4 is 0 Å². The van der Waals surface area contributed by atoms with Crippen molar-refractivity contribution in [3.63, 3.8) is 0 Å². The summed E-state index contributed by atoms with van der Waals surface area (Å²) in [7, 11) is 0. The molecular formula is C15H8Cl4O2. The van der Waals surface area contributed by atoms with Gasteiger partial charge >= 0.3 is 5.97 Å². The predicted octanol–water partition coefficient (Wildman–Crippen LogP) is 6.07. The molecule has 0 unspecified atom stereocenters. The molecular weight excluding hydrogens is 354 g/mol. The van der Waals surface area contributed by atoms with Crippen molar-refractivity contribution in [1.29, 1.82) is 0 Å². The molecule has 2 rings (SSSR count). The quantitative estimate of drug-likeness (QED) is 0.532. The minimum atomic E-state index is -1.03. The van der Waals surface area contributed by atoms with Crippen molar-refractivity contribution in [2.75, 3.05) is 0 Å². The summed E-state index contributed by atoms with van der Waals surface area (Å²) in [6, 6.07) is 8.27. The molecule has 0 aliphatic carbocycles. The zero-order valence-electron chi connectivity index (χ0n) is 10.4. The molecule has 0 fully saturated rings. The lowest BCUT2D eigenvalue weighted by Crippen LogP contribution is -1.87. The second kappa shape index (κ2) is 6.71. The number of carboxylic acids is 1. The smallest absolute Gasteiger partial charge is 0.328 e. The van der Waals surface area contributed by atoms with Crippen molar-refractivity contribution in [2.24, 2.45) is 0 Å². The molecule has 0 aliphatic rings. The van der Waals surface area contributed by atoms with Crippen molar-refractivity contribution in [1.82, 2.24) is 0 Å². The molecule has 0 bridgehead atoms. The Labute approximate surface area is 141 Å². The SMILES string of the molecule is O=C(O)/C=C/c1ccc(Cl)c(-c2cc(Cl)cc(Cl)c2Cl)c1. The molecule has 2 aromatic rings. The maximum atomic E-state index is 10.6. The van der Waals surface area contributed by atoms with Crippen molar-refractivity contribution in [2.45, 2.75) is 0 Å². The molecule has 0 aliphatic heterocycles.